The van der Waals surface area contributed by atoms with E-state index < -0.39 is 0 Å². The number of methoxy groups -OCH3 is 1. The second-order valence-electron chi connectivity index (χ2n) is 1.85. The normalized spacial score (nSPS) is 12.4. The van der Waals surface area contributed by atoms with E-state index in [0.29, 0.717) is 5.92 Å². The van der Waals surface area contributed by atoms with E-state index in [-0.39, 0.29) is 0 Å². The first kappa shape index (κ1) is 10.0. The number of rotatable bonds is 3. The van der Waals surface area contributed by atoms with Gasteiger partial charge in [0.1, 0.15) is 0 Å². The quantitative estimate of drug-likeness (QED) is 0.687. The molecule has 0 amide bonds. The van der Waals surface area contributed by atoms with Crippen molar-refractivity contribution >= 4 is 0 Å². The molecule has 0 aliphatic rings. The minimum Gasteiger partial charge on any atom is -0.385 e. The fourth-order valence-electron chi connectivity index (χ4n) is 0.368. The molecule has 0 fully saturated rings. The predicted molar refractivity (Wildman–Crippen MR) is 31.0 cm³/mol. The Balaban J connectivity index is 0. The van der Waals surface area contributed by atoms with Gasteiger partial charge in [0.15, 0.2) is 0 Å². The topological polar surface area (TPSA) is 9.23 Å². The minimum absolute atomic E-state index is 0. The molecule has 0 bridgehead atoms. The van der Waals surface area contributed by atoms with Crippen LogP contribution >= 0.6 is 0 Å². The van der Waals surface area contributed by atoms with E-state index in [4.69, 9.17) is 4.74 Å². The van der Waals surface area contributed by atoms with Crippen molar-refractivity contribution in [2.75, 3.05) is 13.7 Å². The van der Waals surface area contributed by atoms with Gasteiger partial charge < -0.3 is 11.7 Å². The average Bonchev–Trinajstić information content (AvgIpc) is 1.68. The molecular formula is C6H13ORf-. The average molecular weight is 368 g/mol. The Hall–Kier alpha value is -1.04. The third-order valence-electron chi connectivity index (χ3n) is 0.944. The van der Waals surface area contributed by atoms with Gasteiger partial charge in [-0.25, -0.2) is 0 Å². The van der Waals surface area contributed by atoms with Gasteiger partial charge >= 0.3 is 0 Å². The molecule has 1 atom stereocenters. The molecule has 0 aromatic heterocycles. The molecule has 1 nitrogen and oxygen atoms in total. The summed E-state index contributed by atoms with van der Waals surface area (Å²) in [4.78, 5) is 0. The Morgan fingerprint density at radius 3 is 2.25 bits per heavy atom. The van der Waals surface area contributed by atoms with Crippen LogP contribution in [0.1, 0.15) is 13.3 Å². The summed E-state index contributed by atoms with van der Waals surface area (Å²) in [5, 5.41) is 0. The van der Waals surface area contributed by atoms with Gasteiger partial charge in [0.05, 0.1) is 0 Å². The molecule has 0 rings (SSSR count). The van der Waals surface area contributed by atoms with Gasteiger partial charge in [-0.05, 0) is 5.92 Å². The number of ether oxygens (including phenoxy) is 1. The summed E-state index contributed by atoms with van der Waals surface area (Å²) in [6.45, 7) is 6.68. The molecule has 0 aromatic carbocycles. The summed E-state index contributed by atoms with van der Waals surface area (Å²) >= 11 is 0. The summed E-state index contributed by atoms with van der Waals surface area (Å²) in [5.74, 6) is 0.616. The van der Waals surface area contributed by atoms with Crippen LogP contribution in [0, 0.1) is 12.8 Å². The molecule has 46 valence electrons. The van der Waals surface area contributed by atoms with Gasteiger partial charge in [-0.15, -0.1) is 0 Å². The molecule has 0 saturated carbocycles. The third-order valence-corrected chi connectivity index (χ3v) is 0.944. The van der Waals surface area contributed by atoms with Crippen LogP contribution in [0.4, 0.5) is 0 Å². The smallest absolute Gasteiger partial charge is 0.0463 e. The Kier molecular flexibility index (Phi) is 7.49. The maximum Gasteiger partial charge on any atom is 0.0463 e. The zero-order valence-corrected chi connectivity index (χ0v) is 12.2. The van der Waals surface area contributed by atoms with Gasteiger partial charge in [0.2, 0.25) is 0 Å². The van der Waals surface area contributed by atoms with Crippen molar-refractivity contribution in [3.63, 3.8) is 0 Å². The third kappa shape index (κ3) is 4.96. The van der Waals surface area contributed by atoms with Crippen LogP contribution in [-0.4, -0.2) is 13.7 Å². The van der Waals surface area contributed by atoms with Crippen molar-refractivity contribution in [1.82, 2.24) is 0 Å². The van der Waals surface area contributed by atoms with Crippen LogP contribution in [0.25, 0.3) is 0 Å². The standard InChI is InChI=1S/C6H13O.Rf/c1-4-6(2)5-7-3;/h6H,1,4-5H2,2-3H3;/q-1;. The summed E-state index contributed by atoms with van der Waals surface area (Å²) in [5.41, 5.74) is 0. The molecule has 8 heavy (non-hydrogen) atoms. The first-order valence-corrected chi connectivity index (χ1v) is 2.59. The summed E-state index contributed by atoms with van der Waals surface area (Å²) in [6, 6.07) is 0. The number of hydrogen-bond donors (Lipinski definition) is 0. The Bertz CT molecular complexity index is 39.5. The first-order valence-electron chi connectivity index (χ1n) is 2.59. The minimum atomic E-state index is 0. The maximum absolute atomic E-state index is 4.85. The molecule has 0 N–H and O–H groups in total. The maximum atomic E-state index is 4.85. The van der Waals surface area contributed by atoms with Gasteiger partial charge in [-0.2, -0.15) is 6.42 Å². The molecule has 0 heterocycles. The zero-order valence-electron chi connectivity index (χ0n) is 5.81. The molecule has 0 saturated heterocycles. The van der Waals surface area contributed by atoms with Crippen molar-refractivity contribution in [2.45, 2.75) is 13.3 Å². The SMILES string of the molecule is [CH2-]CC(C)COC.[Rf]. The van der Waals surface area contributed by atoms with E-state index in [9.17, 15) is 0 Å². The molecule has 0 spiro atoms. The van der Waals surface area contributed by atoms with Gasteiger partial charge in [-0.3, -0.25) is 0 Å². The molecule has 0 aromatic rings. The predicted octanol–water partition coefficient (Wildman–Crippen LogP) is 1.49. The Morgan fingerprint density at radius 2 is 2.12 bits per heavy atom. The van der Waals surface area contributed by atoms with Crippen LogP contribution in [0.2, 0.25) is 0 Å². The zero-order chi connectivity index (χ0) is 5.70. The van der Waals surface area contributed by atoms with Crippen LogP contribution in [0.5, 0.6) is 0 Å². The fourth-order valence-corrected chi connectivity index (χ4v) is 0.368. The second-order valence-corrected chi connectivity index (χ2v) is 1.85. The van der Waals surface area contributed by atoms with Gasteiger partial charge in [0, 0.05) is 13.7 Å². The second kappa shape index (κ2) is 5.96. The molecule has 0 aliphatic carbocycles. The van der Waals surface area contributed by atoms with Crippen LogP contribution in [0.15, 0.2) is 0 Å². The van der Waals surface area contributed by atoms with E-state index >= 15 is 0 Å². The summed E-state index contributed by atoms with van der Waals surface area (Å²) in [7, 11) is 1.71. The van der Waals surface area contributed by atoms with E-state index in [2.05, 4.69) is 13.8 Å². The van der Waals surface area contributed by atoms with E-state index in [0.717, 1.165) is 13.0 Å². The van der Waals surface area contributed by atoms with Crippen molar-refractivity contribution in [2.24, 2.45) is 5.92 Å². The molecule has 0 aliphatic heterocycles. The first-order chi connectivity index (χ1) is 3.31. The van der Waals surface area contributed by atoms with Crippen molar-refractivity contribution in [3.8, 4) is 0 Å². The monoisotopic (exact) mass is 368 g/mol. The van der Waals surface area contributed by atoms with E-state index in [1.807, 2.05) is 0 Å². The molecule has 0 radical (unpaired) electrons. The Labute approximate surface area is 45.7 Å². The fraction of sp³-hybridized carbons (Fsp3) is 0.833. The summed E-state index contributed by atoms with van der Waals surface area (Å²) < 4.78 is 4.85. The van der Waals surface area contributed by atoms with Crippen LogP contribution in [-0.2, 0) is 4.74 Å². The van der Waals surface area contributed by atoms with Gasteiger partial charge in [0.25, 0.3) is 0 Å². The van der Waals surface area contributed by atoms with E-state index in [1.54, 1.807) is 7.11 Å². The van der Waals surface area contributed by atoms with Gasteiger partial charge in [-0.1, -0.05) is 6.92 Å². The van der Waals surface area contributed by atoms with Crippen molar-refractivity contribution in [1.29, 1.82) is 0 Å². The van der Waals surface area contributed by atoms with Crippen molar-refractivity contribution < 1.29 is 4.74 Å². The summed E-state index contributed by atoms with van der Waals surface area (Å²) in [6.07, 6.45) is 0.966. The van der Waals surface area contributed by atoms with E-state index in [1.165, 1.54) is 0 Å². The Morgan fingerprint density at radius 1 is 1.62 bits per heavy atom. The molecule has 2 heteroatoms. The van der Waals surface area contributed by atoms with Crippen molar-refractivity contribution in [3.05, 3.63) is 6.92 Å². The van der Waals surface area contributed by atoms with Crippen LogP contribution in [0.3, 0.4) is 0 Å². The molecular weight excluding hydrogens is 355 g/mol. The number of hydrogen-bond acceptors (Lipinski definition) is 1. The van der Waals surface area contributed by atoms with Crippen LogP contribution < -0.4 is 0 Å². The molecule has 1 unspecified atom stereocenters. The largest absolute Gasteiger partial charge is 0.385 e.